The number of ether oxygens (including phenoxy) is 1. The molecular formula is C18H27NO4S. The van der Waals surface area contributed by atoms with Gasteiger partial charge in [-0.1, -0.05) is 30.7 Å². The van der Waals surface area contributed by atoms with Gasteiger partial charge < -0.3 is 4.74 Å². The average Bonchev–Trinajstić information content (AvgIpc) is 2.46. The predicted molar refractivity (Wildman–Crippen MR) is 95.3 cm³/mol. The third kappa shape index (κ3) is 5.37. The van der Waals surface area contributed by atoms with Crippen LogP contribution in [0.1, 0.15) is 39.7 Å². The van der Waals surface area contributed by atoms with Gasteiger partial charge in [-0.25, -0.2) is 13.2 Å². The van der Waals surface area contributed by atoms with Gasteiger partial charge in [0.25, 0.3) is 10.0 Å². The molecule has 1 aromatic rings. The van der Waals surface area contributed by atoms with E-state index < -0.39 is 21.7 Å². The molecule has 0 bridgehead atoms. The van der Waals surface area contributed by atoms with Gasteiger partial charge >= 0.3 is 6.09 Å². The zero-order valence-corrected chi connectivity index (χ0v) is 15.9. The summed E-state index contributed by atoms with van der Waals surface area (Å²) in [6.45, 7) is 12.6. The molecule has 0 aliphatic heterocycles. The molecule has 0 unspecified atom stereocenters. The van der Waals surface area contributed by atoms with Crippen LogP contribution in [0.3, 0.4) is 0 Å². The fourth-order valence-corrected chi connectivity index (χ4v) is 3.36. The molecule has 0 N–H and O–H groups in total. The van der Waals surface area contributed by atoms with E-state index in [0.29, 0.717) is 6.42 Å². The summed E-state index contributed by atoms with van der Waals surface area (Å²) in [7, 11) is -3.99. The lowest BCUT2D eigenvalue weighted by Crippen LogP contribution is -2.43. The van der Waals surface area contributed by atoms with Crippen molar-refractivity contribution in [2.45, 2.75) is 51.5 Å². The van der Waals surface area contributed by atoms with E-state index in [4.69, 9.17) is 4.74 Å². The van der Waals surface area contributed by atoms with Gasteiger partial charge in [0.05, 0.1) is 4.90 Å². The van der Waals surface area contributed by atoms with Crippen LogP contribution in [0.4, 0.5) is 4.79 Å². The summed E-state index contributed by atoms with van der Waals surface area (Å²) in [5.41, 5.74) is 0.156. The highest BCUT2D eigenvalue weighted by atomic mass is 32.2. The molecule has 0 fully saturated rings. The third-order valence-corrected chi connectivity index (χ3v) is 5.21. The second-order valence-electron chi connectivity index (χ2n) is 6.73. The highest BCUT2D eigenvalue weighted by molar-refractivity contribution is 7.89. The minimum absolute atomic E-state index is 0.00508. The smallest absolute Gasteiger partial charge is 0.424 e. The standard InChI is InChI=1S/C18H27NO4S/c1-7-15(8-2)13-19(17(20)23-18(4,5)6)24(21,22)16-11-9-14(3)10-12-16/h7,9-12,15H,1,8,13H2,2-6H3/t15-/m1/s1. The summed E-state index contributed by atoms with van der Waals surface area (Å²) in [5, 5.41) is 0. The van der Waals surface area contributed by atoms with Crippen LogP contribution < -0.4 is 0 Å². The van der Waals surface area contributed by atoms with E-state index in [9.17, 15) is 13.2 Å². The fourth-order valence-electron chi connectivity index (χ4n) is 2.00. The van der Waals surface area contributed by atoms with Crippen molar-refractivity contribution in [2.75, 3.05) is 6.54 Å². The molecule has 0 spiro atoms. The van der Waals surface area contributed by atoms with Crippen LogP contribution in [0.2, 0.25) is 0 Å². The Kier molecular flexibility index (Phi) is 6.60. The Balaban J connectivity index is 3.26. The van der Waals surface area contributed by atoms with Crippen LogP contribution in [0, 0.1) is 12.8 Å². The van der Waals surface area contributed by atoms with Gasteiger partial charge in [0.15, 0.2) is 0 Å². The summed E-state index contributed by atoms with van der Waals surface area (Å²) in [6, 6.07) is 6.39. The number of amides is 1. The number of aryl methyl sites for hydroxylation is 1. The molecular weight excluding hydrogens is 326 g/mol. The van der Waals surface area contributed by atoms with Crippen molar-refractivity contribution in [3.8, 4) is 0 Å². The summed E-state index contributed by atoms with van der Waals surface area (Å²) >= 11 is 0. The molecule has 0 aliphatic carbocycles. The molecule has 24 heavy (non-hydrogen) atoms. The third-order valence-electron chi connectivity index (χ3n) is 3.46. The van der Waals surface area contributed by atoms with Crippen LogP contribution in [0.15, 0.2) is 41.8 Å². The number of sulfonamides is 1. The average molecular weight is 353 g/mol. The van der Waals surface area contributed by atoms with Crippen molar-refractivity contribution in [2.24, 2.45) is 5.92 Å². The summed E-state index contributed by atoms with van der Waals surface area (Å²) in [6.07, 6.45) is 1.46. The van der Waals surface area contributed by atoms with Crippen molar-refractivity contribution in [3.05, 3.63) is 42.5 Å². The molecule has 5 nitrogen and oxygen atoms in total. The second kappa shape index (κ2) is 7.83. The van der Waals surface area contributed by atoms with E-state index in [0.717, 1.165) is 9.87 Å². The molecule has 1 atom stereocenters. The van der Waals surface area contributed by atoms with Gasteiger partial charge in [-0.3, -0.25) is 0 Å². The number of carbonyl (C=O) groups is 1. The molecule has 1 rings (SSSR count). The van der Waals surface area contributed by atoms with Crippen molar-refractivity contribution in [1.29, 1.82) is 0 Å². The molecule has 0 aromatic heterocycles. The Morgan fingerprint density at radius 1 is 1.29 bits per heavy atom. The highest BCUT2D eigenvalue weighted by Crippen LogP contribution is 2.22. The van der Waals surface area contributed by atoms with E-state index in [1.807, 2.05) is 13.8 Å². The monoisotopic (exact) mass is 353 g/mol. The van der Waals surface area contributed by atoms with Gasteiger partial charge in [0.2, 0.25) is 0 Å². The van der Waals surface area contributed by atoms with Gasteiger partial charge in [-0.15, -0.1) is 6.58 Å². The lowest BCUT2D eigenvalue weighted by atomic mass is 10.1. The van der Waals surface area contributed by atoms with Crippen LogP contribution in [0.5, 0.6) is 0 Å². The Bertz CT molecular complexity index is 672. The zero-order chi connectivity index (χ0) is 18.5. The molecule has 6 heteroatoms. The summed E-state index contributed by atoms with van der Waals surface area (Å²) in [5.74, 6) is -0.141. The predicted octanol–water partition coefficient (Wildman–Crippen LogP) is 4.13. The SMILES string of the molecule is C=C[C@H](CC)CN(C(=O)OC(C)(C)C)S(=O)(=O)c1ccc(C)cc1. The van der Waals surface area contributed by atoms with Crippen LogP contribution >= 0.6 is 0 Å². The first-order chi connectivity index (χ1) is 11.0. The van der Waals surface area contributed by atoms with Crippen LogP contribution in [-0.2, 0) is 14.8 Å². The minimum atomic E-state index is -3.99. The maximum absolute atomic E-state index is 12.9. The summed E-state index contributed by atoms with van der Waals surface area (Å²) < 4.78 is 32.0. The van der Waals surface area contributed by atoms with Gasteiger partial charge in [0, 0.05) is 6.54 Å². The van der Waals surface area contributed by atoms with E-state index in [2.05, 4.69) is 6.58 Å². The molecule has 1 aromatic carbocycles. The van der Waals surface area contributed by atoms with Gasteiger partial charge in [0.1, 0.15) is 5.60 Å². The van der Waals surface area contributed by atoms with Gasteiger partial charge in [-0.2, -0.15) is 4.31 Å². The first-order valence-electron chi connectivity index (χ1n) is 7.96. The highest BCUT2D eigenvalue weighted by Gasteiger charge is 2.34. The maximum atomic E-state index is 12.9. The fraction of sp³-hybridized carbons (Fsp3) is 0.500. The first-order valence-corrected chi connectivity index (χ1v) is 9.40. The molecule has 134 valence electrons. The van der Waals surface area contributed by atoms with E-state index >= 15 is 0 Å². The normalized spacial score (nSPS) is 13.2. The number of benzene rings is 1. The molecule has 1 amide bonds. The van der Waals surface area contributed by atoms with E-state index in [1.165, 1.54) is 12.1 Å². The van der Waals surface area contributed by atoms with Gasteiger partial charge in [-0.05, 0) is 52.2 Å². The quantitative estimate of drug-likeness (QED) is 0.721. The summed E-state index contributed by atoms with van der Waals surface area (Å²) in [4.78, 5) is 12.6. The van der Waals surface area contributed by atoms with Crippen molar-refractivity contribution in [1.82, 2.24) is 4.31 Å². The van der Waals surface area contributed by atoms with E-state index in [-0.39, 0.29) is 17.4 Å². The van der Waals surface area contributed by atoms with Crippen molar-refractivity contribution >= 4 is 16.1 Å². The molecule has 0 saturated carbocycles. The van der Waals surface area contributed by atoms with Crippen molar-refractivity contribution < 1.29 is 17.9 Å². The zero-order valence-electron chi connectivity index (χ0n) is 15.1. The van der Waals surface area contributed by atoms with Crippen molar-refractivity contribution in [3.63, 3.8) is 0 Å². The Morgan fingerprint density at radius 3 is 2.25 bits per heavy atom. The maximum Gasteiger partial charge on any atom is 0.424 e. The minimum Gasteiger partial charge on any atom is -0.443 e. The number of rotatable bonds is 6. The number of hydrogen-bond donors (Lipinski definition) is 0. The molecule has 0 heterocycles. The Hall–Kier alpha value is -1.82. The number of hydrogen-bond acceptors (Lipinski definition) is 4. The molecule has 0 aliphatic rings. The molecule has 0 saturated heterocycles. The second-order valence-corrected chi connectivity index (χ2v) is 8.60. The number of carbonyl (C=O) groups excluding carboxylic acids is 1. The van der Waals surface area contributed by atoms with Crippen LogP contribution in [-0.4, -0.2) is 31.0 Å². The first kappa shape index (κ1) is 20.2. The largest absolute Gasteiger partial charge is 0.443 e. The molecule has 0 radical (unpaired) electrons. The number of nitrogens with zero attached hydrogens (tertiary/aromatic N) is 1. The lowest BCUT2D eigenvalue weighted by molar-refractivity contribution is 0.0379. The van der Waals surface area contributed by atoms with E-state index in [1.54, 1.807) is 39.0 Å². The van der Waals surface area contributed by atoms with Crippen LogP contribution in [0.25, 0.3) is 0 Å². The Labute approximate surface area is 145 Å². The Morgan fingerprint density at radius 2 is 1.83 bits per heavy atom. The topological polar surface area (TPSA) is 63.7 Å². The lowest BCUT2D eigenvalue weighted by Gasteiger charge is -2.28.